The molecule has 2 aliphatic rings. The zero-order valence-corrected chi connectivity index (χ0v) is 18.4. The third-order valence-electron chi connectivity index (χ3n) is 6.27. The van der Waals surface area contributed by atoms with Gasteiger partial charge in [0.25, 0.3) is 0 Å². The molecule has 30 heavy (non-hydrogen) atoms. The second-order valence-electron chi connectivity index (χ2n) is 8.52. The summed E-state index contributed by atoms with van der Waals surface area (Å²) in [5.41, 5.74) is 5.92. The molecule has 1 aliphatic heterocycles. The number of carbonyl (C=O) groups excluding carboxylic acids is 2. The molecule has 2 heterocycles. The second-order valence-corrected chi connectivity index (χ2v) is 9.58. The fourth-order valence-corrected chi connectivity index (χ4v) is 5.97. The maximum atomic E-state index is 12.9. The van der Waals surface area contributed by atoms with Crippen molar-refractivity contribution in [3.63, 3.8) is 0 Å². The van der Waals surface area contributed by atoms with Crippen LogP contribution < -0.4 is 10.4 Å². The third kappa shape index (κ3) is 2.58. The number of anilines is 2. The maximum absolute atomic E-state index is 12.9. The van der Waals surface area contributed by atoms with Crippen molar-refractivity contribution in [3.05, 3.63) is 81.2 Å². The van der Waals surface area contributed by atoms with E-state index in [1.165, 1.54) is 21.8 Å². The highest BCUT2D eigenvalue weighted by molar-refractivity contribution is 7.17. The van der Waals surface area contributed by atoms with Crippen LogP contribution in [0.5, 0.6) is 0 Å². The number of allylic oxidation sites excluding steroid dienone is 1. The minimum absolute atomic E-state index is 0.144. The maximum Gasteiger partial charge on any atom is 0.197 e. The van der Waals surface area contributed by atoms with Gasteiger partial charge in [0, 0.05) is 33.7 Å². The van der Waals surface area contributed by atoms with E-state index in [0.29, 0.717) is 11.1 Å². The molecule has 0 spiro atoms. The van der Waals surface area contributed by atoms with Gasteiger partial charge in [0.05, 0.1) is 5.57 Å². The predicted molar refractivity (Wildman–Crippen MR) is 127 cm³/mol. The summed E-state index contributed by atoms with van der Waals surface area (Å²) in [4.78, 5) is 29.1. The Balaban J connectivity index is 1.63. The Kier molecular flexibility index (Phi) is 4.16. The molecule has 0 saturated carbocycles. The Bertz CT molecular complexity index is 1270. The summed E-state index contributed by atoms with van der Waals surface area (Å²) in [5.74, 6) is -0.337. The lowest BCUT2D eigenvalue weighted by atomic mass is 9.75. The van der Waals surface area contributed by atoms with Gasteiger partial charge in [-0.25, -0.2) is 0 Å². The van der Waals surface area contributed by atoms with Crippen molar-refractivity contribution in [2.45, 2.75) is 26.2 Å². The Morgan fingerprint density at radius 3 is 2.50 bits per heavy atom. The Morgan fingerprint density at radius 1 is 1.00 bits per heavy atom. The van der Waals surface area contributed by atoms with Gasteiger partial charge < -0.3 is 4.90 Å². The summed E-state index contributed by atoms with van der Waals surface area (Å²) in [6.07, 6.45) is 1.79. The van der Waals surface area contributed by atoms with Gasteiger partial charge in [-0.05, 0) is 36.3 Å². The zero-order chi connectivity index (χ0) is 21.2. The SMILES string of the molecule is Bc1ccc2c(c1)C(=O)/C(=C/c1cc3c(s1)N(CC)c1ccccc1C3(C)C)C2=O. The van der Waals surface area contributed by atoms with Crippen molar-refractivity contribution < 1.29 is 9.59 Å². The van der Waals surface area contributed by atoms with Crippen LogP contribution in [-0.2, 0) is 5.41 Å². The van der Waals surface area contributed by atoms with Crippen molar-refractivity contribution in [2.75, 3.05) is 11.4 Å². The van der Waals surface area contributed by atoms with Gasteiger partial charge in [-0.15, -0.1) is 11.3 Å². The quantitative estimate of drug-likeness (QED) is 0.359. The Morgan fingerprint density at radius 2 is 1.73 bits per heavy atom. The largest absolute Gasteiger partial charge is 0.333 e. The van der Waals surface area contributed by atoms with Gasteiger partial charge in [-0.2, -0.15) is 0 Å². The average Bonchev–Trinajstić information content (AvgIpc) is 3.25. The molecular weight excluding hydrogens is 389 g/mol. The summed E-state index contributed by atoms with van der Waals surface area (Å²) in [6, 6.07) is 16.1. The van der Waals surface area contributed by atoms with Crippen LogP contribution in [0.15, 0.2) is 54.1 Å². The number of Topliss-reactive ketones (excluding diaryl/α,β-unsaturated/α-hetero) is 2. The van der Waals surface area contributed by atoms with Crippen LogP contribution in [0.2, 0.25) is 0 Å². The highest BCUT2D eigenvalue weighted by Gasteiger charge is 2.38. The van der Waals surface area contributed by atoms with Crippen molar-refractivity contribution in [1.29, 1.82) is 0 Å². The fourth-order valence-electron chi connectivity index (χ4n) is 4.64. The fraction of sp³-hybridized carbons (Fsp3) is 0.200. The van der Waals surface area contributed by atoms with Crippen LogP contribution in [0.1, 0.15) is 57.5 Å². The number of fused-ring (bicyclic) bond motifs is 3. The minimum Gasteiger partial charge on any atom is -0.333 e. The van der Waals surface area contributed by atoms with Gasteiger partial charge in [-0.1, -0.05) is 55.7 Å². The highest BCUT2D eigenvalue weighted by atomic mass is 32.1. The second kappa shape index (κ2) is 6.54. The average molecular weight is 411 g/mol. The number of nitrogens with zero attached hydrogens (tertiary/aromatic N) is 1. The monoisotopic (exact) mass is 411 g/mol. The summed E-state index contributed by atoms with van der Waals surface area (Å²) >= 11 is 1.65. The van der Waals surface area contributed by atoms with Gasteiger partial charge in [-0.3, -0.25) is 9.59 Å². The molecule has 3 nitrogen and oxygen atoms in total. The molecule has 5 rings (SSSR count). The van der Waals surface area contributed by atoms with E-state index < -0.39 is 0 Å². The van der Waals surface area contributed by atoms with Gasteiger partial charge in [0.15, 0.2) is 11.6 Å². The number of rotatable bonds is 2. The first-order valence-electron chi connectivity index (χ1n) is 10.3. The van der Waals surface area contributed by atoms with Crippen LogP contribution in [-0.4, -0.2) is 26.0 Å². The van der Waals surface area contributed by atoms with Crippen LogP contribution in [0.4, 0.5) is 10.7 Å². The molecule has 0 radical (unpaired) electrons. The molecule has 2 aromatic carbocycles. The van der Waals surface area contributed by atoms with E-state index in [9.17, 15) is 9.59 Å². The van der Waals surface area contributed by atoms with Gasteiger partial charge in [0.1, 0.15) is 12.8 Å². The molecule has 3 aromatic rings. The van der Waals surface area contributed by atoms with Crippen molar-refractivity contribution in [1.82, 2.24) is 0 Å². The van der Waals surface area contributed by atoms with E-state index >= 15 is 0 Å². The zero-order valence-electron chi connectivity index (χ0n) is 17.6. The molecule has 0 fully saturated rings. The Labute approximate surface area is 181 Å². The number of benzene rings is 2. The van der Waals surface area contributed by atoms with Crippen molar-refractivity contribution in [3.8, 4) is 0 Å². The van der Waals surface area contributed by atoms with Crippen molar-refractivity contribution >= 4 is 53.0 Å². The summed E-state index contributed by atoms with van der Waals surface area (Å²) in [7, 11) is 1.94. The van der Waals surface area contributed by atoms with Crippen molar-refractivity contribution in [2.24, 2.45) is 0 Å². The lowest BCUT2D eigenvalue weighted by molar-refractivity contribution is 0.0990. The number of ketones is 2. The third-order valence-corrected chi connectivity index (χ3v) is 7.38. The molecule has 0 atom stereocenters. The first-order valence-corrected chi connectivity index (χ1v) is 11.1. The number of hydrogen-bond donors (Lipinski definition) is 0. The van der Waals surface area contributed by atoms with E-state index in [1.54, 1.807) is 23.5 Å². The molecule has 148 valence electrons. The molecule has 0 unspecified atom stereocenters. The lowest BCUT2D eigenvalue weighted by Crippen LogP contribution is -2.31. The molecule has 1 aliphatic carbocycles. The van der Waals surface area contributed by atoms with E-state index in [2.05, 4.69) is 56.0 Å². The van der Waals surface area contributed by atoms with E-state index in [1.807, 2.05) is 20.0 Å². The highest BCUT2D eigenvalue weighted by Crippen LogP contribution is 2.52. The number of para-hydroxylation sites is 1. The summed E-state index contributed by atoms with van der Waals surface area (Å²) in [6.45, 7) is 7.50. The van der Waals surface area contributed by atoms with Gasteiger partial charge in [0.2, 0.25) is 0 Å². The first-order chi connectivity index (χ1) is 14.3. The van der Waals surface area contributed by atoms with Crippen LogP contribution >= 0.6 is 11.3 Å². The summed E-state index contributed by atoms with van der Waals surface area (Å²) in [5, 5.41) is 1.19. The molecule has 0 bridgehead atoms. The number of thiophene rings is 1. The minimum atomic E-state index is -0.170. The molecule has 5 heteroatoms. The van der Waals surface area contributed by atoms with E-state index in [4.69, 9.17) is 0 Å². The summed E-state index contributed by atoms with van der Waals surface area (Å²) < 4.78 is 0. The first kappa shape index (κ1) is 19.1. The number of carbonyl (C=O) groups is 2. The molecule has 0 saturated heterocycles. The van der Waals surface area contributed by atoms with E-state index in [0.717, 1.165) is 16.9 Å². The molecular formula is C25H22BNO2S. The number of hydrogen-bond acceptors (Lipinski definition) is 4. The predicted octanol–water partition coefficient (Wildman–Crippen LogP) is 4.27. The normalized spacial score (nSPS) is 17.8. The van der Waals surface area contributed by atoms with Gasteiger partial charge >= 0.3 is 0 Å². The molecule has 1 aromatic heterocycles. The molecule has 0 amide bonds. The van der Waals surface area contributed by atoms with Crippen LogP contribution in [0, 0.1) is 0 Å². The van der Waals surface area contributed by atoms with Crippen LogP contribution in [0.25, 0.3) is 6.08 Å². The van der Waals surface area contributed by atoms with Crippen LogP contribution in [0.3, 0.4) is 0 Å². The Hall–Kier alpha value is -2.92. The molecule has 0 N–H and O–H groups in total. The van der Waals surface area contributed by atoms with E-state index in [-0.39, 0.29) is 22.6 Å². The topological polar surface area (TPSA) is 37.4 Å². The standard InChI is InChI=1S/C25H22BNO2S/c1-4-27-21-8-6-5-7-19(21)25(2,3)20-13-15(30-24(20)27)12-18-22(28)16-10-9-14(26)11-17(16)23(18)29/h5-13H,4,26H2,1-3H3/b18-12+. The smallest absolute Gasteiger partial charge is 0.197 e. The lowest BCUT2D eigenvalue weighted by Gasteiger charge is -2.39.